The predicted molar refractivity (Wildman–Crippen MR) is 53.8 cm³/mol. The molecule has 0 spiro atoms. The van der Waals surface area contributed by atoms with E-state index < -0.39 is 11.7 Å². The summed E-state index contributed by atoms with van der Waals surface area (Å²) in [4.78, 5) is 0. The topological polar surface area (TPSA) is 12.0 Å². The molecule has 16 heavy (non-hydrogen) atoms. The van der Waals surface area contributed by atoms with Crippen LogP contribution in [0.1, 0.15) is 35.1 Å². The highest BCUT2D eigenvalue weighted by atomic mass is 19.4. The quantitative estimate of drug-likeness (QED) is 0.714. The van der Waals surface area contributed by atoms with Crippen molar-refractivity contribution in [1.29, 1.82) is 0 Å². The molecule has 2 unspecified atom stereocenters. The van der Waals surface area contributed by atoms with Crippen LogP contribution in [0, 0.1) is 0 Å². The minimum atomic E-state index is -4.25. The molecule has 1 heterocycles. The standard InChI is InChI=1S/C12H10F3N/c13-12(14,15)8-1-2-9-10(6-8)7-3-4-16-11(9)5-7/h1-4,6-7,11,16H,5H2. The number of fused-ring (bicyclic) bond motifs is 5. The fourth-order valence-electron chi connectivity index (χ4n) is 2.53. The second-order valence-electron chi connectivity index (χ2n) is 4.26. The Morgan fingerprint density at radius 1 is 1.19 bits per heavy atom. The van der Waals surface area contributed by atoms with Crippen LogP contribution in [0.25, 0.3) is 0 Å². The molecule has 0 saturated carbocycles. The molecule has 84 valence electrons. The number of halogens is 3. The second kappa shape index (κ2) is 3.03. The number of allylic oxidation sites excluding steroid dienone is 1. The van der Waals surface area contributed by atoms with E-state index in [0.717, 1.165) is 17.5 Å². The summed E-state index contributed by atoms with van der Waals surface area (Å²) in [6.07, 6.45) is 0.393. The van der Waals surface area contributed by atoms with Gasteiger partial charge in [-0.3, -0.25) is 0 Å². The Hall–Kier alpha value is -1.45. The lowest BCUT2D eigenvalue weighted by atomic mass is 9.99. The highest BCUT2D eigenvalue weighted by molar-refractivity contribution is 5.45. The van der Waals surface area contributed by atoms with Crippen molar-refractivity contribution in [2.75, 3.05) is 0 Å². The fourth-order valence-corrected chi connectivity index (χ4v) is 2.53. The molecular formula is C12H10F3N. The van der Waals surface area contributed by atoms with Gasteiger partial charge in [0.2, 0.25) is 0 Å². The van der Waals surface area contributed by atoms with Gasteiger partial charge in [-0.15, -0.1) is 0 Å². The lowest BCUT2D eigenvalue weighted by Crippen LogP contribution is -2.14. The van der Waals surface area contributed by atoms with Gasteiger partial charge in [0.25, 0.3) is 0 Å². The zero-order valence-corrected chi connectivity index (χ0v) is 8.38. The number of hydrogen-bond donors (Lipinski definition) is 1. The molecule has 1 aromatic carbocycles. The first-order chi connectivity index (χ1) is 7.55. The van der Waals surface area contributed by atoms with E-state index in [1.54, 1.807) is 6.07 Å². The molecule has 0 saturated heterocycles. The molecule has 0 fully saturated rings. The van der Waals surface area contributed by atoms with Crippen molar-refractivity contribution < 1.29 is 13.2 Å². The summed E-state index contributed by atoms with van der Waals surface area (Å²) in [5.74, 6) is 0.142. The monoisotopic (exact) mass is 225 g/mol. The van der Waals surface area contributed by atoms with Gasteiger partial charge in [-0.1, -0.05) is 12.1 Å². The highest BCUT2D eigenvalue weighted by Gasteiger charge is 2.36. The smallest absolute Gasteiger partial charge is 0.384 e. The lowest BCUT2D eigenvalue weighted by molar-refractivity contribution is -0.137. The molecule has 1 aliphatic carbocycles. The maximum absolute atomic E-state index is 12.6. The summed E-state index contributed by atoms with van der Waals surface area (Å²) in [7, 11) is 0. The van der Waals surface area contributed by atoms with E-state index in [1.807, 2.05) is 12.3 Å². The number of alkyl halides is 3. The molecule has 2 aliphatic rings. The number of nitrogens with one attached hydrogen (secondary N) is 1. The van der Waals surface area contributed by atoms with Gasteiger partial charge in [-0.05, 0) is 35.9 Å². The fraction of sp³-hybridized carbons (Fsp3) is 0.333. The first-order valence-corrected chi connectivity index (χ1v) is 5.19. The lowest BCUT2D eigenvalue weighted by Gasteiger charge is -2.15. The highest BCUT2D eigenvalue weighted by Crippen LogP contribution is 2.45. The van der Waals surface area contributed by atoms with Crippen LogP contribution in [0.15, 0.2) is 30.5 Å². The summed E-state index contributed by atoms with van der Waals surface area (Å²) < 4.78 is 37.7. The third-order valence-electron chi connectivity index (χ3n) is 3.30. The Morgan fingerprint density at radius 3 is 2.75 bits per heavy atom. The van der Waals surface area contributed by atoms with Gasteiger partial charge in [0.15, 0.2) is 0 Å². The van der Waals surface area contributed by atoms with Crippen LogP contribution in [-0.2, 0) is 6.18 Å². The Balaban J connectivity index is 2.10. The zero-order chi connectivity index (χ0) is 11.3. The third-order valence-corrected chi connectivity index (χ3v) is 3.30. The Bertz CT molecular complexity index is 462. The molecule has 1 aromatic rings. The molecule has 3 rings (SSSR count). The van der Waals surface area contributed by atoms with Crippen molar-refractivity contribution >= 4 is 0 Å². The van der Waals surface area contributed by atoms with E-state index in [4.69, 9.17) is 0 Å². The van der Waals surface area contributed by atoms with Crippen molar-refractivity contribution in [3.8, 4) is 0 Å². The summed E-state index contributed by atoms with van der Waals surface area (Å²) in [6.45, 7) is 0. The van der Waals surface area contributed by atoms with Crippen LogP contribution in [-0.4, -0.2) is 0 Å². The molecule has 1 nitrogen and oxygen atoms in total. The molecule has 2 atom stereocenters. The molecule has 2 bridgehead atoms. The van der Waals surface area contributed by atoms with E-state index in [0.29, 0.717) is 0 Å². The Labute approximate surface area is 91.0 Å². The predicted octanol–water partition coefficient (Wildman–Crippen LogP) is 3.35. The average Bonchev–Trinajstić information content (AvgIpc) is 2.50. The molecule has 0 radical (unpaired) electrons. The molecule has 1 N–H and O–H groups in total. The van der Waals surface area contributed by atoms with Crippen molar-refractivity contribution in [1.82, 2.24) is 5.32 Å². The van der Waals surface area contributed by atoms with Crippen LogP contribution in [0.3, 0.4) is 0 Å². The van der Waals surface area contributed by atoms with Gasteiger partial charge in [0, 0.05) is 5.92 Å². The summed E-state index contributed by atoms with van der Waals surface area (Å²) >= 11 is 0. The average molecular weight is 225 g/mol. The second-order valence-corrected chi connectivity index (χ2v) is 4.26. The molecule has 4 heteroatoms. The SMILES string of the molecule is FC(F)(F)c1ccc2c(c1)C1C=CNC2C1. The van der Waals surface area contributed by atoms with Crippen LogP contribution < -0.4 is 5.32 Å². The van der Waals surface area contributed by atoms with Crippen LogP contribution >= 0.6 is 0 Å². The first kappa shape index (κ1) is 9.75. The molecule has 1 aliphatic heterocycles. The van der Waals surface area contributed by atoms with Crippen LogP contribution in [0.4, 0.5) is 13.2 Å². The summed E-state index contributed by atoms with van der Waals surface area (Å²) in [6, 6.07) is 4.24. The minimum Gasteiger partial charge on any atom is -0.384 e. The van der Waals surface area contributed by atoms with Gasteiger partial charge >= 0.3 is 6.18 Å². The van der Waals surface area contributed by atoms with Gasteiger partial charge < -0.3 is 5.32 Å². The zero-order valence-electron chi connectivity index (χ0n) is 8.38. The van der Waals surface area contributed by atoms with Gasteiger partial charge in [-0.2, -0.15) is 13.2 Å². The number of hydrogen-bond acceptors (Lipinski definition) is 1. The molecule has 0 amide bonds. The van der Waals surface area contributed by atoms with Gasteiger partial charge in [0.1, 0.15) is 0 Å². The third kappa shape index (κ3) is 1.32. The van der Waals surface area contributed by atoms with Crippen molar-refractivity contribution in [3.63, 3.8) is 0 Å². The van der Waals surface area contributed by atoms with E-state index >= 15 is 0 Å². The van der Waals surface area contributed by atoms with Crippen LogP contribution in [0.2, 0.25) is 0 Å². The number of rotatable bonds is 0. The van der Waals surface area contributed by atoms with Crippen molar-refractivity contribution in [3.05, 3.63) is 47.2 Å². The van der Waals surface area contributed by atoms with E-state index in [2.05, 4.69) is 5.32 Å². The maximum atomic E-state index is 12.6. The maximum Gasteiger partial charge on any atom is 0.416 e. The van der Waals surface area contributed by atoms with Crippen LogP contribution in [0.5, 0.6) is 0 Å². The van der Waals surface area contributed by atoms with Crippen molar-refractivity contribution in [2.24, 2.45) is 0 Å². The largest absolute Gasteiger partial charge is 0.416 e. The normalized spacial score (nSPS) is 26.4. The van der Waals surface area contributed by atoms with E-state index in [9.17, 15) is 13.2 Å². The molecular weight excluding hydrogens is 215 g/mol. The summed E-state index contributed by atoms with van der Waals surface area (Å²) in [5.41, 5.74) is 1.27. The van der Waals surface area contributed by atoms with E-state index in [1.165, 1.54) is 12.1 Å². The van der Waals surface area contributed by atoms with E-state index in [-0.39, 0.29) is 12.0 Å². The molecule has 0 aromatic heterocycles. The Morgan fingerprint density at radius 2 is 2.00 bits per heavy atom. The van der Waals surface area contributed by atoms with Gasteiger partial charge in [0.05, 0.1) is 11.6 Å². The number of benzene rings is 1. The summed E-state index contributed by atoms with van der Waals surface area (Å²) in [5, 5.41) is 3.16. The van der Waals surface area contributed by atoms with Crippen molar-refractivity contribution in [2.45, 2.75) is 24.6 Å². The minimum absolute atomic E-state index is 0.142. The first-order valence-electron chi connectivity index (χ1n) is 5.19. The van der Waals surface area contributed by atoms with Gasteiger partial charge in [-0.25, -0.2) is 0 Å². The Kier molecular flexibility index (Phi) is 1.85.